The first-order chi connectivity index (χ1) is 13.1. The number of rotatable bonds is 7. The van der Waals surface area contributed by atoms with Gasteiger partial charge in [0, 0.05) is 0 Å². The van der Waals surface area contributed by atoms with Gasteiger partial charge in [0.05, 0.1) is 5.69 Å². The summed E-state index contributed by atoms with van der Waals surface area (Å²) in [6, 6.07) is 15.1. The third-order valence-electron chi connectivity index (χ3n) is 4.12. The van der Waals surface area contributed by atoms with Crippen molar-refractivity contribution >= 4 is 23.5 Å². The quantitative estimate of drug-likeness (QED) is 0.736. The number of carbonyl (C=O) groups is 3. The fourth-order valence-corrected chi connectivity index (χ4v) is 2.82. The van der Waals surface area contributed by atoms with Crippen LogP contribution in [0.1, 0.15) is 19.8 Å². The van der Waals surface area contributed by atoms with Gasteiger partial charge in [-0.1, -0.05) is 43.7 Å². The number of nitrogens with zero attached hydrogens (tertiary/aromatic N) is 1. The molecule has 0 radical (unpaired) electrons. The molecule has 0 bridgehead atoms. The van der Waals surface area contributed by atoms with Crippen LogP contribution >= 0.6 is 0 Å². The van der Waals surface area contributed by atoms with Crippen LogP contribution in [0, 0.1) is 0 Å². The molecule has 2 aromatic carbocycles. The Morgan fingerprint density at radius 2 is 1.81 bits per heavy atom. The Bertz CT molecular complexity index is 838. The van der Waals surface area contributed by atoms with Crippen LogP contribution in [0.4, 0.5) is 10.5 Å². The molecule has 140 valence electrons. The van der Waals surface area contributed by atoms with Crippen LogP contribution in [0.15, 0.2) is 54.6 Å². The largest absolute Gasteiger partial charge is 0.455 e. The molecule has 1 unspecified atom stereocenters. The third kappa shape index (κ3) is 4.44. The number of urea groups is 1. The molecule has 0 aliphatic carbocycles. The average molecular weight is 367 g/mol. The molecule has 1 atom stereocenters. The second-order valence-corrected chi connectivity index (χ2v) is 6.17. The molecule has 1 saturated heterocycles. The number of anilines is 1. The van der Waals surface area contributed by atoms with Gasteiger partial charge in [-0.3, -0.25) is 14.5 Å². The Morgan fingerprint density at radius 1 is 1.11 bits per heavy atom. The summed E-state index contributed by atoms with van der Waals surface area (Å²) in [5.41, 5.74) is 0.462. The Hall–Kier alpha value is -3.35. The van der Waals surface area contributed by atoms with Crippen LogP contribution in [0.3, 0.4) is 0 Å². The summed E-state index contributed by atoms with van der Waals surface area (Å²) < 4.78 is 5.80. The maximum atomic E-state index is 12.4. The lowest BCUT2D eigenvalue weighted by Crippen LogP contribution is -2.38. The Labute approximate surface area is 157 Å². The summed E-state index contributed by atoms with van der Waals surface area (Å²) in [6.07, 6.45) is 1.32. The zero-order valence-electron chi connectivity index (χ0n) is 15.0. The molecule has 1 aliphatic rings. The van der Waals surface area contributed by atoms with Crippen molar-refractivity contribution in [2.75, 3.05) is 11.9 Å². The molecule has 1 fully saturated rings. The van der Waals surface area contributed by atoms with Gasteiger partial charge >= 0.3 is 6.03 Å². The van der Waals surface area contributed by atoms with E-state index in [0.717, 1.165) is 11.3 Å². The first-order valence-corrected chi connectivity index (χ1v) is 8.82. The topological polar surface area (TPSA) is 87.7 Å². The number of amides is 4. The standard InChI is InChI=1S/C20H21N3O4/c1-2-8-16-19(25)23(20(26)22-16)13-18(24)21-15-11-6-7-12-17(15)27-14-9-4-3-5-10-14/h3-7,9-12,16H,2,8,13H2,1H3,(H,21,24)(H,22,26). The predicted molar refractivity (Wildman–Crippen MR) is 101 cm³/mol. The van der Waals surface area contributed by atoms with E-state index < -0.39 is 18.0 Å². The minimum absolute atomic E-state index is 0.343. The highest BCUT2D eigenvalue weighted by Crippen LogP contribution is 2.29. The fourth-order valence-electron chi connectivity index (χ4n) is 2.82. The van der Waals surface area contributed by atoms with Crippen LogP contribution in [0.25, 0.3) is 0 Å². The van der Waals surface area contributed by atoms with Gasteiger partial charge in [0.1, 0.15) is 18.3 Å². The van der Waals surface area contributed by atoms with Gasteiger partial charge in [-0.05, 0) is 30.7 Å². The van der Waals surface area contributed by atoms with Gasteiger partial charge in [0.2, 0.25) is 5.91 Å². The number of imide groups is 1. The fraction of sp³-hybridized carbons (Fsp3) is 0.250. The van der Waals surface area contributed by atoms with E-state index in [1.165, 1.54) is 0 Å². The van der Waals surface area contributed by atoms with Crippen molar-refractivity contribution in [2.24, 2.45) is 0 Å². The molecule has 4 amide bonds. The maximum absolute atomic E-state index is 12.4. The Balaban J connectivity index is 1.66. The van der Waals surface area contributed by atoms with E-state index in [1.807, 2.05) is 25.1 Å². The summed E-state index contributed by atoms with van der Waals surface area (Å²) in [4.78, 5) is 37.5. The van der Waals surface area contributed by atoms with Gasteiger partial charge in [-0.25, -0.2) is 4.79 Å². The number of nitrogens with one attached hydrogen (secondary N) is 2. The smallest absolute Gasteiger partial charge is 0.325 e. The summed E-state index contributed by atoms with van der Waals surface area (Å²) in [6.45, 7) is 1.59. The van der Waals surface area contributed by atoms with Crippen molar-refractivity contribution in [3.8, 4) is 11.5 Å². The van der Waals surface area contributed by atoms with Crippen LogP contribution in [-0.2, 0) is 9.59 Å². The average Bonchev–Trinajstić information content (AvgIpc) is 2.92. The Morgan fingerprint density at radius 3 is 2.56 bits per heavy atom. The zero-order chi connectivity index (χ0) is 19.2. The number of para-hydroxylation sites is 3. The molecule has 2 N–H and O–H groups in total. The molecule has 1 heterocycles. The number of hydrogen-bond acceptors (Lipinski definition) is 4. The van der Waals surface area contributed by atoms with Crippen molar-refractivity contribution < 1.29 is 19.1 Å². The van der Waals surface area contributed by atoms with Crippen LogP contribution < -0.4 is 15.4 Å². The van der Waals surface area contributed by atoms with Crippen LogP contribution in [-0.4, -0.2) is 35.3 Å². The lowest BCUT2D eigenvalue weighted by molar-refractivity contribution is -0.130. The number of hydrogen-bond donors (Lipinski definition) is 2. The molecule has 0 saturated carbocycles. The predicted octanol–water partition coefficient (Wildman–Crippen LogP) is 3.14. The van der Waals surface area contributed by atoms with E-state index in [0.29, 0.717) is 23.6 Å². The summed E-state index contributed by atoms with van der Waals surface area (Å²) in [5.74, 6) is 0.263. The maximum Gasteiger partial charge on any atom is 0.325 e. The first kappa shape index (κ1) is 18.4. The highest BCUT2D eigenvalue weighted by atomic mass is 16.5. The van der Waals surface area contributed by atoms with Crippen molar-refractivity contribution in [3.63, 3.8) is 0 Å². The van der Waals surface area contributed by atoms with Crippen molar-refractivity contribution in [1.82, 2.24) is 10.2 Å². The minimum atomic E-state index is -0.552. The van der Waals surface area contributed by atoms with Crippen molar-refractivity contribution in [2.45, 2.75) is 25.8 Å². The second-order valence-electron chi connectivity index (χ2n) is 6.17. The molecule has 27 heavy (non-hydrogen) atoms. The SMILES string of the molecule is CCCC1NC(=O)N(CC(=O)Nc2ccccc2Oc2ccccc2)C1=O. The molecule has 0 aromatic heterocycles. The van der Waals surface area contributed by atoms with Gasteiger partial charge in [-0.15, -0.1) is 0 Å². The lowest BCUT2D eigenvalue weighted by Gasteiger charge is -2.15. The number of carbonyl (C=O) groups excluding carboxylic acids is 3. The van der Waals surface area contributed by atoms with E-state index in [4.69, 9.17) is 4.74 Å². The molecule has 1 aliphatic heterocycles. The molecule has 7 nitrogen and oxygen atoms in total. The Kier molecular flexibility index (Phi) is 5.71. The highest BCUT2D eigenvalue weighted by molar-refractivity contribution is 6.08. The summed E-state index contributed by atoms with van der Waals surface area (Å²) in [5, 5.41) is 5.31. The molecular weight excluding hydrogens is 346 g/mol. The van der Waals surface area contributed by atoms with E-state index in [9.17, 15) is 14.4 Å². The van der Waals surface area contributed by atoms with Gasteiger partial charge in [0.15, 0.2) is 5.75 Å². The van der Waals surface area contributed by atoms with E-state index >= 15 is 0 Å². The number of benzene rings is 2. The van der Waals surface area contributed by atoms with Gasteiger partial charge in [0.25, 0.3) is 5.91 Å². The van der Waals surface area contributed by atoms with E-state index in [1.54, 1.807) is 36.4 Å². The van der Waals surface area contributed by atoms with E-state index in [-0.39, 0.29) is 12.5 Å². The van der Waals surface area contributed by atoms with Gasteiger partial charge in [-0.2, -0.15) is 0 Å². The molecule has 7 heteroatoms. The first-order valence-electron chi connectivity index (χ1n) is 8.82. The van der Waals surface area contributed by atoms with Gasteiger partial charge < -0.3 is 15.4 Å². The second kappa shape index (κ2) is 8.35. The molecule has 2 aromatic rings. The summed E-state index contributed by atoms with van der Waals surface area (Å²) >= 11 is 0. The van der Waals surface area contributed by atoms with E-state index in [2.05, 4.69) is 10.6 Å². The number of ether oxygens (including phenoxy) is 1. The minimum Gasteiger partial charge on any atom is -0.455 e. The zero-order valence-corrected chi connectivity index (χ0v) is 15.0. The summed E-state index contributed by atoms with van der Waals surface area (Å²) in [7, 11) is 0. The highest BCUT2D eigenvalue weighted by Gasteiger charge is 2.38. The molecule has 0 spiro atoms. The lowest BCUT2D eigenvalue weighted by atomic mass is 10.2. The van der Waals surface area contributed by atoms with Crippen LogP contribution in [0.5, 0.6) is 11.5 Å². The van der Waals surface area contributed by atoms with Crippen molar-refractivity contribution in [1.29, 1.82) is 0 Å². The third-order valence-corrected chi connectivity index (χ3v) is 4.12. The van der Waals surface area contributed by atoms with Crippen LogP contribution in [0.2, 0.25) is 0 Å². The molecular formula is C20H21N3O4. The van der Waals surface area contributed by atoms with Crippen molar-refractivity contribution in [3.05, 3.63) is 54.6 Å². The molecule has 3 rings (SSSR count). The monoisotopic (exact) mass is 367 g/mol. The normalized spacial score (nSPS) is 16.2.